The van der Waals surface area contributed by atoms with Gasteiger partial charge < -0.3 is 9.88 Å². The molecular formula is C20H17N5O2. The van der Waals surface area contributed by atoms with E-state index in [1.807, 2.05) is 37.3 Å². The second-order valence-electron chi connectivity index (χ2n) is 6.27. The largest absolute Gasteiger partial charge is 0.356 e. The molecule has 0 atom stereocenters. The number of carbonyl (C=O) groups excluding carboxylic acids is 1. The van der Waals surface area contributed by atoms with Gasteiger partial charge in [0.25, 0.3) is 11.5 Å². The van der Waals surface area contributed by atoms with Crippen LogP contribution >= 0.6 is 0 Å². The van der Waals surface area contributed by atoms with E-state index >= 15 is 0 Å². The molecule has 0 aliphatic carbocycles. The number of fused-ring (bicyclic) bond motifs is 1. The van der Waals surface area contributed by atoms with Crippen molar-refractivity contribution in [3.05, 3.63) is 82.5 Å². The SMILES string of the molecule is Cc1cccc(NC(=O)c2cn(C)cc3c(=O)n(-c4ccccc4)nc2-3)n1. The van der Waals surface area contributed by atoms with E-state index in [9.17, 15) is 9.59 Å². The first-order chi connectivity index (χ1) is 13.0. The lowest BCUT2D eigenvalue weighted by atomic mass is 10.1. The topological polar surface area (TPSA) is 81.8 Å². The van der Waals surface area contributed by atoms with Gasteiger partial charge in [-0.15, -0.1) is 0 Å². The highest BCUT2D eigenvalue weighted by atomic mass is 16.2. The van der Waals surface area contributed by atoms with Crippen molar-refractivity contribution >= 4 is 11.7 Å². The Morgan fingerprint density at radius 2 is 1.81 bits per heavy atom. The summed E-state index contributed by atoms with van der Waals surface area (Å²) < 4.78 is 2.99. The third-order valence-electron chi connectivity index (χ3n) is 4.17. The monoisotopic (exact) mass is 359 g/mol. The minimum absolute atomic E-state index is 0.268. The van der Waals surface area contributed by atoms with Crippen LogP contribution in [0, 0.1) is 6.92 Å². The molecule has 0 fully saturated rings. The van der Waals surface area contributed by atoms with Crippen LogP contribution in [0.2, 0.25) is 0 Å². The number of carbonyl (C=O) groups is 1. The Morgan fingerprint density at radius 3 is 2.56 bits per heavy atom. The summed E-state index contributed by atoms with van der Waals surface area (Å²) in [4.78, 5) is 29.9. The second-order valence-corrected chi connectivity index (χ2v) is 6.27. The van der Waals surface area contributed by atoms with Crippen molar-refractivity contribution in [2.24, 2.45) is 7.05 Å². The number of aryl methyl sites for hydroxylation is 2. The smallest absolute Gasteiger partial charge is 0.282 e. The third kappa shape index (κ3) is 3.10. The fourth-order valence-corrected chi connectivity index (χ4v) is 2.94. The number of pyridine rings is 2. The van der Waals surface area contributed by atoms with Crippen LogP contribution in [-0.2, 0) is 7.05 Å². The normalized spacial score (nSPS) is 10.9. The Hall–Kier alpha value is -3.74. The van der Waals surface area contributed by atoms with E-state index in [1.165, 1.54) is 4.68 Å². The first-order valence-electron chi connectivity index (χ1n) is 8.42. The number of benzene rings is 1. The minimum atomic E-state index is -0.369. The van der Waals surface area contributed by atoms with Gasteiger partial charge in [0.15, 0.2) is 0 Å². The van der Waals surface area contributed by atoms with Crippen LogP contribution in [-0.4, -0.2) is 25.2 Å². The van der Waals surface area contributed by atoms with Crippen molar-refractivity contribution in [2.45, 2.75) is 6.92 Å². The molecule has 7 heteroatoms. The van der Waals surface area contributed by atoms with Crippen LogP contribution in [0.5, 0.6) is 0 Å². The first-order valence-corrected chi connectivity index (χ1v) is 8.42. The Morgan fingerprint density at radius 1 is 1.04 bits per heavy atom. The summed E-state index contributed by atoms with van der Waals surface area (Å²) >= 11 is 0. The number of anilines is 1. The maximum atomic E-state index is 12.8. The Labute approximate surface area is 155 Å². The molecule has 4 rings (SSSR count). The van der Waals surface area contributed by atoms with E-state index in [1.54, 1.807) is 42.2 Å². The average Bonchev–Trinajstić information content (AvgIpc) is 2.98. The highest BCUT2D eigenvalue weighted by molar-refractivity contribution is 6.07. The van der Waals surface area contributed by atoms with E-state index < -0.39 is 0 Å². The molecule has 0 bridgehead atoms. The maximum Gasteiger partial charge on any atom is 0.282 e. The predicted octanol–water partition coefficient (Wildman–Crippen LogP) is 2.63. The van der Waals surface area contributed by atoms with Gasteiger partial charge in [0.2, 0.25) is 0 Å². The molecule has 2 aromatic rings. The van der Waals surface area contributed by atoms with E-state index in [-0.39, 0.29) is 11.5 Å². The molecule has 2 aliphatic rings. The third-order valence-corrected chi connectivity index (χ3v) is 4.17. The van der Waals surface area contributed by atoms with Gasteiger partial charge in [-0.1, -0.05) is 24.3 Å². The Kier molecular flexibility index (Phi) is 4.04. The van der Waals surface area contributed by atoms with Crippen LogP contribution in [0.4, 0.5) is 5.82 Å². The summed E-state index contributed by atoms with van der Waals surface area (Å²) in [5, 5.41) is 7.19. The van der Waals surface area contributed by atoms with Crippen molar-refractivity contribution in [1.82, 2.24) is 19.3 Å². The summed E-state index contributed by atoms with van der Waals surface area (Å²) in [6.45, 7) is 1.85. The summed E-state index contributed by atoms with van der Waals surface area (Å²) in [5.41, 5.74) is 2.22. The van der Waals surface area contributed by atoms with Gasteiger partial charge in [-0.3, -0.25) is 9.59 Å². The summed E-state index contributed by atoms with van der Waals surface area (Å²) in [6, 6.07) is 14.5. The van der Waals surface area contributed by atoms with Crippen LogP contribution in [0.25, 0.3) is 16.9 Å². The number of rotatable bonds is 3. The molecule has 7 nitrogen and oxygen atoms in total. The van der Waals surface area contributed by atoms with E-state index in [2.05, 4.69) is 15.4 Å². The molecule has 1 aromatic carbocycles. The van der Waals surface area contributed by atoms with Gasteiger partial charge >= 0.3 is 0 Å². The Bertz CT molecular complexity index is 1160. The first kappa shape index (κ1) is 16.7. The molecule has 0 unspecified atom stereocenters. The van der Waals surface area contributed by atoms with E-state index in [4.69, 9.17) is 0 Å². The van der Waals surface area contributed by atoms with Crippen molar-refractivity contribution in [1.29, 1.82) is 0 Å². The predicted molar refractivity (Wildman–Crippen MR) is 102 cm³/mol. The molecule has 0 spiro atoms. The number of nitrogens with zero attached hydrogens (tertiary/aromatic N) is 4. The van der Waals surface area contributed by atoms with Crippen LogP contribution < -0.4 is 10.9 Å². The fraction of sp³-hybridized carbons (Fsp3) is 0.100. The van der Waals surface area contributed by atoms with Crippen LogP contribution in [0.1, 0.15) is 16.1 Å². The van der Waals surface area contributed by atoms with E-state index in [0.29, 0.717) is 28.3 Å². The highest BCUT2D eigenvalue weighted by Gasteiger charge is 2.24. The maximum absolute atomic E-state index is 12.8. The number of hydrogen-bond donors (Lipinski definition) is 1. The number of nitrogens with one attached hydrogen (secondary N) is 1. The quantitative estimate of drug-likeness (QED) is 0.610. The van der Waals surface area contributed by atoms with Gasteiger partial charge in [-0.05, 0) is 31.2 Å². The van der Waals surface area contributed by atoms with Crippen molar-refractivity contribution in [3.8, 4) is 16.9 Å². The lowest BCUT2D eigenvalue weighted by Gasteiger charge is -2.09. The van der Waals surface area contributed by atoms with Gasteiger partial charge in [-0.2, -0.15) is 9.78 Å². The molecule has 2 aliphatic heterocycles. The standard InChI is InChI=1S/C20H17N5O2/c1-13-7-6-10-17(21-13)22-19(26)15-11-24(2)12-16-18(15)23-25(20(16)27)14-8-4-3-5-9-14/h3-12H,1-2H3,(H,21,22,26). The molecule has 3 heterocycles. The van der Waals surface area contributed by atoms with E-state index in [0.717, 1.165) is 5.69 Å². The van der Waals surface area contributed by atoms with Gasteiger partial charge in [0.1, 0.15) is 11.5 Å². The van der Waals surface area contributed by atoms with Gasteiger partial charge in [0.05, 0.1) is 16.8 Å². The highest BCUT2D eigenvalue weighted by Crippen LogP contribution is 2.22. The zero-order valence-electron chi connectivity index (χ0n) is 14.9. The zero-order valence-corrected chi connectivity index (χ0v) is 14.9. The molecule has 0 radical (unpaired) electrons. The number of hydrogen-bond acceptors (Lipinski definition) is 4. The minimum Gasteiger partial charge on any atom is -0.356 e. The van der Waals surface area contributed by atoms with Crippen molar-refractivity contribution in [2.75, 3.05) is 5.32 Å². The van der Waals surface area contributed by atoms with Crippen LogP contribution in [0.15, 0.2) is 65.7 Å². The van der Waals surface area contributed by atoms with Crippen molar-refractivity contribution < 1.29 is 4.79 Å². The molecule has 27 heavy (non-hydrogen) atoms. The lowest BCUT2D eigenvalue weighted by molar-refractivity contribution is 0.102. The average molecular weight is 359 g/mol. The van der Waals surface area contributed by atoms with Crippen LogP contribution in [0.3, 0.4) is 0 Å². The second kappa shape index (κ2) is 6.53. The number of para-hydroxylation sites is 1. The number of amides is 1. The fourth-order valence-electron chi connectivity index (χ4n) is 2.94. The molecular weight excluding hydrogens is 342 g/mol. The molecule has 1 amide bonds. The number of aromatic nitrogens is 4. The van der Waals surface area contributed by atoms with Gasteiger partial charge in [0, 0.05) is 25.1 Å². The van der Waals surface area contributed by atoms with Crippen molar-refractivity contribution in [3.63, 3.8) is 0 Å². The summed E-state index contributed by atoms with van der Waals surface area (Å²) in [5.74, 6) is 0.0801. The lowest BCUT2D eigenvalue weighted by Crippen LogP contribution is -2.17. The molecule has 1 N–H and O–H groups in total. The summed E-state index contributed by atoms with van der Waals surface area (Å²) in [7, 11) is 1.76. The molecule has 1 aromatic heterocycles. The molecule has 0 saturated carbocycles. The zero-order chi connectivity index (χ0) is 19.0. The van der Waals surface area contributed by atoms with Gasteiger partial charge in [-0.25, -0.2) is 4.98 Å². The summed E-state index contributed by atoms with van der Waals surface area (Å²) in [6.07, 6.45) is 3.32. The molecule has 0 saturated heterocycles. The Balaban J connectivity index is 1.81. The molecule has 134 valence electrons.